The fourth-order valence-electron chi connectivity index (χ4n) is 1.88. The monoisotopic (exact) mass is 246 g/mol. The molecule has 0 aliphatic rings. The molecule has 0 bridgehead atoms. The van der Waals surface area contributed by atoms with Crippen LogP contribution in [-0.4, -0.2) is 12.1 Å². The Hall–Kier alpha value is -1.94. The molecule has 2 rings (SSSR count). The maximum Gasteiger partial charge on any atom is 0.218 e. The molecule has 18 heavy (non-hydrogen) atoms. The fraction of sp³-hybridized carbons (Fsp3) is 0.214. The van der Waals surface area contributed by atoms with Crippen LogP contribution in [0.2, 0.25) is 0 Å². The lowest BCUT2D eigenvalue weighted by molar-refractivity contribution is 0.390. The number of aromatic nitrogens is 1. The van der Waals surface area contributed by atoms with Crippen LogP contribution in [0.25, 0.3) is 0 Å². The van der Waals surface area contributed by atoms with E-state index in [0.29, 0.717) is 17.0 Å². The Balaban J connectivity index is 2.47. The Morgan fingerprint density at radius 1 is 1.28 bits per heavy atom. The molecule has 4 heteroatoms. The summed E-state index contributed by atoms with van der Waals surface area (Å²) in [6, 6.07) is 7.84. The van der Waals surface area contributed by atoms with Gasteiger partial charge >= 0.3 is 0 Å². The Bertz CT molecular complexity index is 557. The van der Waals surface area contributed by atoms with Gasteiger partial charge in [0, 0.05) is 17.3 Å². The van der Waals surface area contributed by atoms with Gasteiger partial charge in [-0.15, -0.1) is 0 Å². The molecule has 0 amide bonds. The average Bonchev–Trinajstić information content (AvgIpc) is 2.40. The second-order valence-corrected chi connectivity index (χ2v) is 4.10. The summed E-state index contributed by atoms with van der Waals surface area (Å²) in [4.78, 5) is 4.07. The van der Waals surface area contributed by atoms with Crippen molar-refractivity contribution in [3.8, 4) is 5.88 Å². The molecule has 0 saturated heterocycles. The third-order valence-electron chi connectivity index (χ3n) is 2.82. The maximum absolute atomic E-state index is 13.8. The molecule has 0 aliphatic heterocycles. The van der Waals surface area contributed by atoms with Crippen molar-refractivity contribution in [3.05, 3.63) is 59.0 Å². The Morgan fingerprint density at radius 3 is 2.78 bits per heavy atom. The Morgan fingerprint density at radius 2 is 2.06 bits per heavy atom. The molecule has 1 aromatic heterocycles. The number of pyridine rings is 1. The van der Waals surface area contributed by atoms with Crippen LogP contribution in [0.15, 0.2) is 36.5 Å². The molecule has 0 aliphatic carbocycles. The van der Waals surface area contributed by atoms with Crippen LogP contribution in [0.5, 0.6) is 5.88 Å². The van der Waals surface area contributed by atoms with Crippen molar-refractivity contribution < 1.29 is 9.13 Å². The summed E-state index contributed by atoms with van der Waals surface area (Å²) in [7, 11) is 1.52. The molecule has 2 aromatic rings. The minimum absolute atomic E-state index is 0.320. The highest BCUT2D eigenvalue weighted by Crippen LogP contribution is 2.28. The second-order valence-electron chi connectivity index (χ2n) is 4.10. The van der Waals surface area contributed by atoms with Gasteiger partial charge in [-0.25, -0.2) is 9.37 Å². The summed E-state index contributed by atoms with van der Waals surface area (Å²) >= 11 is 0. The molecule has 0 spiro atoms. The van der Waals surface area contributed by atoms with Gasteiger partial charge in [0.25, 0.3) is 0 Å². The first-order valence-corrected chi connectivity index (χ1v) is 5.64. The molecule has 94 valence electrons. The molecule has 0 saturated carbocycles. The lowest BCUT2D eigenvalue weighted by Crippen LogP contribution is -2.15. The highest BCUT2D eigenvalue weighted by atomic mass is 19.1. The molecule has 1 unspecified atom stereocenters. The topological polar surface area (TPSA) is 48.1 Å². The standard InChI is InChI=1S/C14H15FN2O/c1-9-5-6-12(15)11(8-9)13(16)10-4-3-7-17-14(10)18-2/h3-8,13H,16H2,1-2H3. The summed E-state index contributed by atoms with van der Waals surface area (Å²) in [5, 5.41) is 0. The number of hydrogen-bond donors (Lipinski definition) is 1. The van der Waals surface area contributed by atoms with Gasteiger partial charge in [0.15, 0.2) is 0 Å². The number of nitrogens with zero attached hydrogens (tertiary/aromatic N) is 1. The highest BCUT2D eigenvalue weighted by Gasteiger charge is 2.18. The number of aryl methyl sites for hydroxylation is 1. The number of nitrogens with two attached hydrogens (primary N) is 1. The van der Waals surface area contributed by atoms with Gasteiger partial charge < -0.3 is 10.5 Å². The van der Waals surface area contributed by atoms with Gasteiger partial charge in [-0.3, -0.25) is 0 Å². The predicted octanol–water partition coefficient (Wildman–Crippen LogP) is 2.59. The summed E-state index contributed by atoms with van der Waals surface area (Å²) in [5.41, 5.74) is 8.18. The molecule has 1 atom stereocenters. The third kappa shape index (κ3) is 2.33. The normalized spacial score (nSPS) is 12.2. The summed E-state index contributed by atoms with van der Waals surface area (Å²) < 4.78 is 18.9. The fourth-order valence-corrected chi connectivity index (χ4v) is 1.88. The van der Waals surface area contributed by atoms with Crippen molar-refractivity contribution in [2.45, 2.75) is 13.0 Å². The molecule has 0 fully saturated rings. The number of methoxy groups -OCH3 is 1. The first-order chi connectivity index (χ1) is 8.63. The van der Waals surface area contributed by atoms with Crippen LogP contribution < -0.4 is 10.5 Å². The summed E-state index contributed by atoms with van der Waals surface area (Å²) in [5.74, 6) is 0.102. The van der Waals surface area contributed by atoms with E-state index in [-0.39, 0.29) is 5.82 Å². The van der Waals surface area contributed by atoms with Crippen LogP contribution in [0.1, 0.15) is 22.7 Å². The van der Waals surface area contributed by atoms with E-state index in [0.717, 1.165) is 5.56 Å². The summed E-state index contributed by atoms with van der Waals surface area (Å²) in [6.45, 7) is 1.90. The van der Waals surface area contributed by atoms with E-state index in [9.17, 15) is 4.39 Å². The van der Waals surface area contributed by atoms with E-state index in [1.165, 1.54) is 13.2 Å². The van der Waals surface area contributed by atoms with Gasteiger partial charge in [-0.05, 0) is 19.1 Å². The average molecular weight is 246 g/mol. The molecule has 1 heterocycles. The first kappa shape index (κ1) is 12.5. The summed E-state index contributed by atoms with van der Waals surface area (Å²) in [6.07, 6.45) is 1.61. The van der Waals surface area contributed by atoms with Gasteiger partial charge in [-0.2, -0.15) is 0 Å². The van der Waals surface area contributed by atoms with E-state index in [2.05, 4.69) is 4.98 Å². The third-order valence-corrected chi connectivity index (χ3v) is 2.82. The van der Waals surface area contributed by atoms with E-state index in [1.807, 2.05) is 6.92 Å². The molecule has 3 nitrogen and oxygen atoms in total. The second kappa shape index (κ2) is 5.14. The molecule has 1 aromatic carbocycles. The van der Waals surface area contributed by atoms with Crippen LogP contribution in [0.3, 0.4) is 0 Å². The molecule has 2 N–H and O–H groups in total. The van der Waals surface area contributed by atoms with E-state index in [4.69, 9.17) is 10.5 Å². The van der Waals surface area contributed by atoms with Crippen LogP contribution in [0.4, 0.5) is 4.39 Å². The van der Waals surface area contributed by atoms with Crippen molar-refractivity contribution in [1.29, 1.82) is 0 Å². The zero-order valence-electron chi connectivity index (χ0n) is 10.4. The SMILES string of the molecule is COc1ncccc1C(N)c1cc(C)ccc1F. The Labute approximate surface area is 105 Å². The van der Waals surface area contributed by atoms with Crippen LogP contribution >= 0.6 is 0 Å². The van der Waals surface area contributed by atoms with E-state index in [1.54, 1.807) is 30.5 Å². The number of halogens is 1. The highest BCUT2D eigenvalue weighted by molar-refractivity contribution is 5.38. The van der Waals surface area contributed by atoms with Crippen molar-refractivity contribution in [2.24, 2.45) is 5.73 Å². The molecular weight excluding hydrogens is 231 g/mol. The molecule has 0 radical (unpaired) electrons. The van der Waals surface area contributed by atoms with Gasteiger partial charge in [0.05, 0.1) is 13.2 Å². The lowest BCUT2D eigenvalue weighted by Gasteiger charge is -2.16. The largest absolute Gasteiger partial charge is 0.481 e. The van der Waals surface area contributed by atoms with Crippen LogP contribution in [0, 0.1) is 12.7 Å². The minimum Gasteiger partial charge on any atom is -0.481 e. The van der Waals surface area contributed by atoms with Gasteiger partial charge in [0.1, 0.15) is 5.82 Å². The number of benzene rings is 1. The Kier molecular flexibility index (Phi) is 3.58. The van der Waals surface area contributed by atoms with E-state index < -0.39 is 6.04 Å². The van der Waals surface area contributed by atoms with Gasteiger partial charge in [0.2, 0.25) is 5.88 Å². The molecular formula is C14H15FN2O. The zero-order chi connectivity index (χ0) is 13.1. The minimum atomic E-state index is -0.589. The van der Waals surface area contributed by atoms with Crippen molar-refractivity contribution in [2.75, 3.05) is 7.11 Å². The maximum atomic E-state index is 13.8. The number of ether oxygens (including phenoxy) is 1. The van der Waals surface area contributed by atoms with Crippen molar-refractivity contribution in [1.82, 2.24) is 4.98 Å². The van der Waals surface area contributed by atoms with Crippen LogP contribution in [-0.2, 0) is 0 Å². The van der Waals surface area contributed by atoms with Gasteiger partial charge in [-0.1, -0.05) is 23.8 Å². The predicted molar refractivity (Wildman–Crippen MR) is 68.0 cm³/mol. The van der Waals surface area contributed by atoms with E-state index >= 15 is 0 Å². The number of rotatable bonds is 3. The quantitative estimate of drug-likeness (QED) is 0.905. The van der Waals surface area contributed by atoms with Crippen molar-refractivity contribution >= 4 is 0 Å². The lowest BCUT2D eigenvalue weighted by atomic mass is 9.98. The first-order valence-electron chi connectivity index (χ1n) is 5.64. The number of hydrogen-bond acceptors (Lipinski definition) is 3. The van der Waals surface area contributed by atoms with Crippen molar-refractivity contribution in [3.63, 3.8) is 0 Å². The zero-order valence-corrected chi connectivity index (χ0v) is 10.4. The smallest absolute Gasteiger partial charge is 0.218 e.